The Kier molecular flexibility index (Phi) is 4.58. The van der Waals surface area contributed by atoms with Gasteiger partial charge in [0.25, 0.3) is 0 Å². The molecular formula is C10H12F3NO3S. The predicted molar refractivity (Wildman–Crippen MR) is 60.7 cm³/mol. The molecule has 0 fully saturated rings. The van der Waals surface area contributed by atoms with Crippen LogP contribution in [0.3, 0.4) is 0 Å². The molecule has 8 heteroatoms. The second-order valence-corrected chi connectivity index (χ2v) is 5.30. The van der Waals surface area contributed by atoms with Crippen LogP contribution in [0.2, 0.25) is 0 Å². The second kappa shape index (κ2) is 5.57. The van der Waals surface area contributed by atoms with Crippen LogP contribution in [0.15, 0.2) is 24.3 Å². The number of hydrogen-bond acceptors (Lipinski definition) is 3. The van der Waals surface area contributed by atoms with Crippen molar-refractivity contribution in [3.05, 3.63) is 29.8 Å². The van der Waals surface area contributed by atoms with Gasteiger partial charge in [-0.1, -0.05) is 12.1 Å². The Balaban J connectivity index is 2.98. The molecular weight excluding hydrogens is 271 g/mol. The van der Waals surface area contributed by atoms with Gasteiger partial charge in [0, 0.05) is 7.11 Å². The summed E-state index contributed by atoms with van der Waals surface area (Å²) < 4.78 is 67.3. The van der Waals surface area contributed by atoms with Gasteiger partial charge in [0.15, 0.2) is 0 Å². The molecule has 0 atom stereocenters. The molecule has 1 rings (SSSR count). The number of methoxy groups -OCH3 is 1. The van der Waals surface area contributed by atoms with Gasteiger partial charge in [0.1, 0.15) is 0 Å². The van der Waals surface area contributed by atoms with Crippen molar-refractivity contribution in [1.82, 2.24) is 0 Å². The number of anilines is 1. The number of halogens is 3. The fourth-order valence-corrected chi connectivity index (χ4v) is 2.23. The molecule has 1 aromatic rings. The lowest BCUT2D eigenvalue weighted by Crippen LogP contribution is -2.21. The standard InChI is InChI=1S/C10H12F3NO3S/c1-17-6-7-18(15,16)14-9-5-3-2-4-8(9)10(11,12)13/h2-5,14H,6-7H2,1H3. The van der Waals surface area contributed by atoms with Crippen molar-refractivity contribution in [3.63, 3.8) is 0 Å². The fraction of sp³-hybridized carbons (Fsp3) is 0.400. The molecule has 0 heterocycles. The molecule has 0 aliphatic carbocycles. The van der Waals surface area contributed by atoms with E-state index in [1.165, 1.54) is 19.2 Å². The first-order valence-electron chi connectivity index (χ1n) is 4.92. The maximum absolute atomic E-state index is 12.6. The SMILES string of the molecule is COCCS(=O)(=O)Nc1ccccc1C(F)(F)F. The van der Waals surface area contributed by atoms with E-state index in [0.717, 1.165) is 12.1 Å². The zero-order valence-corrected chi connectivity index (χ0v) is 10.3. The molecule has 0 unspecified atom stereocenters. The summed E-state index contributed by atoms with van der Waals surface area (Å²) in [5.74, 6) is -0.407. The zero-order valence-electron chi connectivity index (χ0n) is 9.49. The third-order valence-corrected chi connectivity index (χ3v) is 3.29. The first-order chi connectivity index (χ1) is 8.26. The number of hydrogen-bond donors (Lipinski definition) is 1. The molecule has 1 N–H and O–H groups in total. The molecule has 0 saturated carbocycles. The van der Waals surface area contributed by atoms with Crippen molar-refractivity contribution >= 4 is 15.7 Å². The predicted octanol–water partition coefficient (Wildman–Crippen LogP) is 2.09. The molecule has 1 aromatic carbocycles. The number of ether oxygens (including phenoxy) is 1. The molecule has 102 valence electrons. The third-order valence-electron chi connectivity index (χ3n) is 2.05. The van der Waals surface area contributed by atoms with Crippen molar-refractivity contribution < 1.29 is 26.3 Å². The molecule has 0 amide bonds. The van der Waals surface area contributed by atoms with Crippen molar-refractivity contribution in [2.45, 2.75) is 6.18 Å². The van der Waals surface area contributed by atoms with Gasteiger partial charge < -0.3 is 4.74 Å². The molecule has 0 aliphatic rings. The number of sulfonamides is 1. The molecule has 4 nitrogen and oxygen atoms in total. The second-order valence-electron chi connectivity index (χ2n) is 3.46. The molecule has 0 saturated heterocycles. The summed E-state index contributed by atoms with van der Waals surface area (Å²) in [6.45, 7) is -0.0937. The Morgan fingerprint density at radius 2 is 1.89 bits per heavy atom. The van der Waals surface area contributed by atoms with Crippen LogP contribution in [0.4, 0.5) is 18.9 Å². The van der Waals surface area contributed by atoms with Gasteiger partial charge in [0.05, 0.1) is 23.6 Å². The molecule has 0 aliphatic heterocycles. The van der Waals surface area contributed by atoms with Crippen LogP contribution >= 0.6 is 0 Å². The lowest BCUT2D eigenvalue weighted by Gasteiger charge is -2.14. The van der Waals surface area contributed by atoms with E-state index in [4.69, 9.17) is 0 Å². The van der Waals surface area contributed by atoms with E-state index >= 15 is 0 Å². The van der Waals surface area contributed by atoms with Crippen molar-refractivity contribution in [2.75, 3.05) is 24.2 Å². The highest BCUT2D eigenvalue weighted by Gasteiger charge is 2.34. The minimum Gasteiger partial charge on any atom is -0.384 e. The highest BCUT2D eigenvalue weighted by atomic mass is 32.2. The summed E-state index contributed by atoms with van der Waals surface area (Å²) in [6, 6.07) is 4.39. The minimum absolute atomic E-state index is 0.0937. The van der Waals surface area contributed by atoms with Crippen LogP contribution in [0.1, 0.15) is 5.56 Å². The van der Waals surface area contributed by atoms with Gasteiger partial charge in [-0.2, -0.15) is 13.2 Å². The average molecular weight is 283 g/mol. The number of nitrogens with one attached hydrogen (secondary N) is 1. The Bertz CT molecular complexity index is 499. The summed E-state index contributed by atoms with van der Waals surface area (Å²) in [7, 11) is -2.55. The van der Waals surface area contributed by atoms with Crippen molar-refractivity contribution in [2.24, 2.45) is 0 Å². The van der Waals surface area contributed by atoms with Gasteiger partial charge in [0.2, 0.25) is 10.0 Å². The van der Waals surface area contributed by atoms with Crippen LogP contribution in [-0.4, -0.2) is 27.9 Å². The van der Waals surface area contributed by atoms with Crippen LogP contribution in [0, 0.1) is 0 Å². The maximum Gasteiger partial charge on any atom is 0.418 e. The van der Waals surface area contributed by atoms with E-state index in [1.54, 1.807) is 0 Å². The molecule has 0 radical (unpaired) electrons. The maximum atomic E-state index is 12.6. The summed E-state index contributed by atoms with van der Waals surface area (Å²) >= 11 is 0. The van der Waals surface area contributed by atoms with Crippen molar-refractivity contribution in [3.8, 4) is 0 Å². The molecule has 0 aromatic heterocycles. The molecule has 0 bridgehead atoms. The Hall–Kier alpha value is -1.28. The highest BCUT2D eigenvalue weighted by molar-refractivity contribution is 7.92. The van der Waals surface area contributed by atoms with Gasteiger partial charge in [-0.15, -0.1) is 0 Å². The smallest absolute Gasteiger partial charge is 0.384 e. The summed E-state index contributed by atoms with van der Waals surface area (Å²) in [6.07, 6.45) is -4.61. The Morgan fingerprint density at radius 3 is 2.44 bits per heavy atom. The normalized spacial score (nSPS) is 12.4. The number of para-hydroxylation sites is 1. The van der Waals surface area contributed by atoms with Crippen LogP contribution in [0.25, 0.3) is 0 Å². The summed E-state index contributed by atoms with van der Waals surface area (Å²) in [5, 5.41) is 0. The first-order valence-corrected chi connectivity index (χ1v) is 6.57. The summed E-state index contributed by atoms with van der Waals surface area (Å²) in [5.41, 5.74) is -1.51. The Labute approximate surface area is 103 Å². The van der Waals surface area contributed by atoms with E-state index in [0.29, 0.717) is 0 Å². The van der Waals surface area contributed by atoms with Gasteiger partial charge in [-0.05, 0) is 12.1 Å². The van der Waals surface area contributed by atoms with Gasteiger partial charge in [-0.3, -0.25) is 4.72 Å². The zero-order chi connectivity index (χ0) is 13.8. The molecule has 0 spiro atoms. The number of rotatable bonds is 5. The van der Waals surface area contributed by atoms with E-state index in [9.17, 15) is 21.6 Å². The van der Waals surface area contributed by atoms with Crippen LogP contribution in [0.5, 0.6) is 0 Å². The van der Waals surface area contributed by atoms with E-state index in [1.807, 2.05) is 4.72 Å². The van der Waals surface area contributed by atoms with E-state index in [-0.39, 0.29) is 6.61 Å². The largest absolute Gasteiger partial charge is 0.418 e. The van der Waals surface area contributed by atoms with E-state index in [2.05, 4.69) is 4.74 Å². The number of benzene rings is 1. The highest BCUT2D eigenvalue weighted by Crippen LogP contribution is 2.34. The van der Waals surface area contributed by atoms with Crippen LogP contribution in [-0.2, 0) is 20.9 Å². The topological polar surface area (TPSA) is 55.4 Å². The van der Waals surface area contributed by atoms with E-state index < -0.39 is 33.2 Å². The number of alkyl halides is 3. The van der Waals surface area contributed by atoms with Crippen molar-refractivity contribution in [1.29, 1.82) is 0 Å². The first kappa shape index (κ1) is 14.8. The quantitative estimate of drug-likeness (QED) is 0.900. The summed E-state index contributed by atoms with van der Waals surface area (Å²) in [4.78, 5) is 0. The monoisotopic (exact) mass is 283 g/mol. The lowest BCUT2D eigenvalue weighted by atomic mass is 10.2. The fourth-order valence-electron chi connectivity index (χ4n) is 1.23. The van der Waals surface area contributed by atoms with Crippen LogP contribution < -0.4 is 4.72 Å². The average Bonchev–Trinajstić information content (AvgIpc) is 2.25. The minimum atomic E-state index is -4.61. The van der Waals surface area contributed by atoms with Gasteiger partial charge in [-0.25, -0.2) is 8.42 Å². The third kappa shape index (κ3) is 4.19. The molecule has 18 heavy (non-hydrogen) atoms. The Morgan fingerprint density at radius 1 is 1.28 bits per heavy atom. The van der Waals surface area contributed by atoms with Gasteiger partial charge >= 0.3 is 6.18 Å². The lowest BCUT2D eigenvalue weighted by molar-refractivity contribution is -0.136.